The van der Waals surface area contributed by atoms with Crippen molar-refractivity contribution < 1.29 is 0 Å². The molecule has 1 aromatic carbocycles. The lowest BCUT2D eigenvalue weighted by molar-refractivity contribution is 1.07. The third kappa shape index (κ3) is 2.29. The molecule has 0 unspecified atom stereocenters. The van der Waals surface area contributed by atoms with Crippen molar-refractivity contribution in [3.8, 4) is 0 Å². The Kier molecular flexibility index (Phi) is 3.11. The summed E-state index contributed by atoms with van der Waals surface area (Å²) in [7, 11) is 0. The fourth-order valence-corrected chi connectivity index (χ4v) is 2.71. The van der Waals surface area contributed by atoms with E-state index in [9.17, 15) is 0 Å². The van der Waals surface area contributed by atoms with Crippen LogP contribution in [-0.2, 0) is 0 Å². The summed E-state index contributed by atoms with van der Waals surface area (Å²) in [4.78, 5) is 9.29. The van der Waals surface area contributed by atoms with Gasteiger partial charge in [0.05, 0.1) is 11.6 Å². The van der Waals surface area contributed by atoms with E-state index in [-0.39, 0.29) is 5.28 Å². The van der Waals surface area contributed by atoms with Crippen LogP contribution in [0.4, 0.5) is 0 Å². The summed E-state index contributed by atoms with van der Waals surface area (Å²) in [5.74, 6) is 0. The van der Waals surface area contributed by atoms with Crippen LogP contribution in [0.1, 0.15) is 0 Å². The predicted molar refractivity (Wildman–Crippen MR) is 72.3 cm³/mol. The highest BCUT2D eigenvalue weighted by Crippen LogP contribution is 2.32. The molecule has 2 aromatic heterocycles. The van der Waals surface area contributed by atoms with Crippen molar-refractivity contribution in [2.45, 2.75) is 9.92 Å². The molecule has 1 N–H and O–H groups in total. The highest BCUT2D eigenvalue weighted by atomic mass is 35.5. The molecule has 18 heavy (non-hydrogen) atoms. The van der Waals surface area contributed by atoms with Crippen molar-refractivity contribution in [3.05, 3.63) is 40.8 Å². The molecule has 0 aliphatic carbocycles. The molecular weight excluding hydrogens is 291 g/mol. The quantitative estimate of drug-likeness (QED) is 0.577. The summed E-state index contributed by atoms with van der Waals surface area (Å²) >= 11 is 13.2. The molecule has 0 aliphatic heterocycles. The van der Waals surface area contributed by atoms with Gasteiger partial charge in [-0.1, -0.05) is 23.4 Å². The lowest BCUT2D eigenvalue weighted by atomic mass is 10.4. The molecular formula is C11H6Cl2N4S. The Hall–Kier alpha value is -1.30. The molecule has 0 bridgehead atoms. The normalized spacial score (nSPS) is 11.0. The molecule has 0 radical (unpaired) electrons. The molecule has 7 heteroatoms. The average molecular weight is 297 g/mol. The fraction of sp³-hybridized carbons (Fsp3) is 0. The fourth-order valence-electron chi connectivity index (χ4n) is 1.47. The van der Waals surface area contributed by atoms with Crippen LogP contribution in [0.3, 0.4) is 0 Å². The van der Waals surface area contributed by atoms with E-state index in [1.165, 1.54) is 11.8 Å². The highest BCUT2D eigenvalue weighted by Gasteiger charge is 2.09. The number of halogens is 2. The predicted octanol–water partition coefficient (Wildman–Crippen LogP) is 3.81. The first-order valence-corrected chi connectivity index (χ1v) is 6.59. The Morgan fingerprint density at radius 1 is 1.06 bits per heavy atom. The molecule has 0 aliphatic rings. The Balaban J connectivity index is 2.03. The van der Waals surface area contributed by atoms with Gasteiger partial charge in [0.25, 0.3) is 0 Å². The Morgan fingerprint density at radius 2 is 1.83 bits per heavy atom. The van der Waals surface area contributed by atoms with Crippen LogP contribution in [0, 0.1) is 0 Å². The van der Waals surface area contributed by atoms with Gasteiger partial charge in [0.15, 0.2) is 5.65 Å². The molecule has 3 aromatic rings. The van der Waals surface area contributed by atoms with Crippen molar-refractivity contribution in [2.75, 3.05) is 0 Å². The standard InChI is InChI=1S/C11H6Cl2N4S/c12-6-1-3-7(4-2-6)18-10-8-5-14-17-9(8)15-11(13)16-10/h1-5H,(H,14,15,16,17). The Labute approximate surface area is 117 Å². The monoisotopic (exact) mass is 296 g/mol. The minimum atomic E-state index is 0.197. The summed E-state index contributed by atoms with van der Waals surface area (Å²) in [6, 6.07) is 7.52. The average Bonchev–Trinajstić information content (AvgIpc) is 2.80. The Bertz CT molecular complexity index is 696. The van der Waals surface area contributed by atoms with Crippen LogP contribution in [0.25, 0.3) is 11.0 Å². The van der Waals surface area contributed by atoms with Crippen LogP contribution < -0.4 is 0 Å². The van der Waals surface area contributed by atoms with E-state index >= 15 is 0 Å². The van der Waals surface area contributed by atoms with Gasteiger partial charge in [0, 0.05) is 9.92 Å². The zero-order valence-electron chi connectivity index (χ0n) is 8.89. The van der Waals surface area contributed by atoms with Crippen LogP contribution in [-0.4, -0.2) is 20.2 Å². The maximum absolute atomic E-state index is 5.87. The summed E-state index contributed by atoms with van der Waals surface area (Å²) in [5, 5.41) is 9.23. The maximum atomic E-state index is 5.87. The molecule has 0 saturated heterocycles. The van der Waals surface area contributed by atoms with Gasteiger partial charge < -0.3 is 0 Å². The van der Waals surface area contributed by atoms with Crippen LogP contribution >= 0.6 is 35.0 Å². The van der Waals surface area contributed by atoms with E-state index in [4.69, 9.17) is 23.2 Å². The second kappa shape index (κ2) is 4.76. The summed E-state index contributed by atoms with van der Waals surface area (Å²) in [6.07, 6.45) is 1.68. The number of nitrogens with zero attached hydrogens (tertiary/aromatic N) is 3. The number of aromatic nitrogens is 4. The van der Waals surface area contributed by atoms with E-state index in [1.54, 1.807) is 6.20 Å². The molecule has 0 fully saturated rings. The van der Waals surface area contributed by atoms with Crippen LogP contribution in [0.15, 0.2) is 40.4 Å². The second-order valence-corrected chi connectivity index (χ2v) is 5.32. The first-order chi connectivity index (χ1) is 8.72. The van der Waals surface area contributed by atoms with Crippen molar-refractivity contribution in [3.63, 3.8) is 0 Å². The lowest BCUT2D eigenvalue weighted by Crippen LogP contribution is -1.87. The summed E-state index contributed by atoms with van der Waals surface area (Å²) in [6.45, 7) is 0. The van der Waals surface area contributed by atoms with E-state index in [0.29, 0.717) is 10.7 Å². The second-order valence-electron chi connectivity index (χ2n) is 3.49. The molecule has 2 heterocycles. The summed E-state index contributed by atoms with van der Waals surface area (Å²) < 4.78 is 0. The van der Waals surface area contributed by atoms with E-state index in [2.05, 4.69) is 20.2 Å². The molecule has 4 nitrogen and oxygen atoms in total. The van der Waals surface area contributed by atoms with E-state index in [0.717, 1.165) is 15.3 Å². The Morgan fingerprint density at radius 3 is 2.61 bits per heavy atom. The zero-order chi connectivity index (χ0) is 12.5. The van der Waals surface area contributed by atoms with Gasteiger partial charge in [0.2, 0.25) is 5.28 Å². The number of hydrogen-bond acceptors (Lipinski definition) is 4. The number of hydrogen-bond donors (Lipinski definition) is 1. The molecule has 90 valence electrons. The number of H-pyrrole nitrogens is 1. The number of benzene rings is 1. The number of nitrogens with one attached hydrogen (secondary N) is 1. The SMILES string of the molecule is Clc1ccc(Sc2nc(Cl)nc3[nH]ncc23)cc1. The number of aromatic amines is 1. The first-order valence-electron chi connectivity index (χ1n) is 5.02. The largest absolute Gasteiger partial charge is 0.261 e. The van der Waals surface area contributed by atoms with Crippen molar-refractivity contribution in [1.82, 2.24) is 20.2 Å². The number of fused-ring (bicyclic) bond motifs is 1. The minimum Gasteiger partial charge on any atom is -0.261 e. The van der Waals surface area contributed by atoms with Gasteiger partial charge >= 0.3 is 0 Å². The van der Waals surface area contributed by atoms with E-state index < -0.39 is 0 Å². The third-order valence-electron chi connectivity index (χ3n) is 2.28. The topological polar surface area (TPSA) is 54.5 Å². The van der Waals surface area contributed by atoms with Gasteiger partial charge in [-0.15, -0.1) is 0 Å². The smallest absolute Gasteiger partial charge is 0.225 e. The van der Waals surface area contributed by atoms with Gasteiger partial charge in [-0.2, -0.15) is 10.1 Å². The van der Waals surface area contributed by atoms with Gasteiger partial charge in [-0.05, 0) is 35.9 Å². The molecule has 0 amide bonds. The molecule has 3 rings (SSSR count). The minimum absolute atomic E-state index is 0.197. The van der Waals surface area contributed by atoms with E-state index in [1.807, 2.05) is 24.3 Å². The highest BCUT2D eigenvalue weighted by molar-refractivity contribution is 7.99. The molecule has 0 atom stereocenters. The van der Waals surface area contributed by atoms with Crippen molar-refractivity contribution in [2.24, 2.45) is 0 Å². The van der Waals surface area contributed by atoms with Crippen LogP contribution in [0.5, 0.6) is 0 Å². The van der Waals surface area contributed by atoms with Gasteiger partial charge in [-0.3, -0.25) is 5.10 Å². The first kappa shape index (κ1) is 11.8. The lowest BCUT2D eigenvalue weighted by Gasteiger charge is -2.02. The van der Waals surface area contributed by atoms with Crippen molar-refractivity contribution >= 4 is 46.0 Å². The van der Waals surface area contributed by atoms with Gasteiger partial charge in [0.1, 0.15) is 5.03 Å². The third-order valence-corrected chi connectivity index (χ3v) is 3.71. The van der Waals surface area contributed by atoms with Crippen LogP contribution in [0.2, 0.25) is 10.3 Å². The van der Waals surface area contributed by atoms with Crippen molar-refractivity contribution in [1.29, 1.82) is 0 Å². The maximum Gasteiger partial charge on any atom is 0.225 e. The number of rotatable bonds is 2. The summed E-state index contributed by atoms with van der Waals surface area (Å²) in [5.41, 5.74) is 0.631. The zero-order valence-corrected chi connectivity index (χ0v) is 11.2. The van der Waals surface area contributed by atoms with Gasteiger partial charge in [-0.25, -0.2) is 4.98 Å². The molecule has 0 spiro atoms. The molecule has 0 saturated carbocycles.